The topological polar surface area (TPSA) is 102 Å². The summed E-state index contributed by atoms with van der Waals surface area (Å²) in [5, 5.41) is 20.3. The summed E-state index contributed by atoms with van der Waals surface area (Å²) < 4.78 is 0.880. The zero-order chi connectivity index (χ0) is 15.6. The van der Waals surface area contributed by atoms with Crippen LogP contribution < -0.4 is 5.56 Å². The SMILES string of the molecule is Cc1cc([N+](=O)[O-])cn(C(C(=O)O)c2ccccc2)c1=O. The zero-order valence-electron chi connectivity index (χ0n) is 11.1. The standard InChI is InChI=1S/C14H12N2O5/c1-9-7-11(16(20)21)8-15(13(9)17)12(14(18)19)10-5-3-2-4-6-10/h2-8,12H,1H3,(H,18,19). The summed E-state index contributed by atoms with van der Waals surface area (Å²) in [5.74, 6) is -1.26. The molecule has 1 aromatic heterocycles. The van der Waals surface area contributed by atoms with Gasteiger partial charge in [-0.15, -0.1) is 0 Å². The quantitative estimate of drug-likeness (QED) is 0.681. The van der Waals surface area contributed by atoms with E-state index in [4.69, 9.17) is 0 Å². The largest absolute Gasteiger partial charge is 0.479 e. The summed E-state index contributed by atoms with van der Waals surface area (Å²) in [7, 11) is 0. The first-order valence-electron chi connectivity index (χ1n) is 6.06. The van der Waals surface area contributed by atoms with Crippen molar-refractivity contribution in [1.82, 2.24) is 4.57 Å². The van der Waals surface area contributed by atoms with Crippen LogP contribution in [0.15, 0.2) is 47.4 Å². The molecule has 1 aromatic carbocycles. The average Bonchev–Trinajstić information content (AvgIpc) is 2.44. The summed E-state index contributed by atoms with van der Waals surface area (Å²) in [6, 6.07) is 7.92. The molecular weight excluding hydrogens is 276 g/mol. The van der Waals surface area contributed by atoms with Crippen molar-refractivity contribution in [1.29, 1.82) is 0 Å². The Labute approximate surface area is 119 Å². The van der Waals surface area contributed by atoms with E-state index in [2.05, 4.69) is 0 Å². The molecule has 21 heavy (non-hydrogen) atoms. The lowest BCUT2D eigenvalue weighted by Gasteiger charge is -2.16. The fourth-order valence-electron chi connectivity index (χ4n) is 2.07. The number of pyridine rings is 1. The zero-order valence-corrected chi connectivity index (χ0v) is 11.1. The van der Waals surface area contributed by atoms with Gasteiger partial charge in [-0.1, -0.05) is 30.3 Å². The van der Waals surface area contributed by atoms with Gasteiger partial charge in [0.1, 0.15) is 0 Å². The lowest BCUT2D eigenvalue weighted by atomic mass is 10.1. The second-order valence-corrected chi connectivity index (χ2v) is 4.50. The van der Waals surface area contributed by atoms with Crippen LogP contribution in [0.25, 0.3) is 0 Å². The van der Waals surface area contributed by atoms with E-state index in [0.29, 0.717) is 5.56 Å². The molecule has 1 N–H and O–H groups in total. The van der Waals surface area contributed by atoms with Crippen molar-refractivity contribution in [3.8, 4) is 0 Å². The van der Waals surface area contributed by atoms with Gasteiger partial charge in [0, 0.05) is 11.6 Å². The van der Waals surface area contributed by atoms with Crippen molar-refractivity contribution in [3.05, 3.63) is 74.2 Å². The predicted molar refractivity (Wildman–Crippen MR) is 74.3 cm³/mol. The first-order valence-corrected chi connectivity index (χ1v) is 6.06. The van der Waals surface area contributed by atoms with E-state index >= 15 is 0 Å². The van der Waals surface area contributed by atoms with E-state index in [0.717, 1.165) is 16.8 Å². The molecule has 2 rings (SSSR count). The highest BCUT2D eigenvalue weighted by atomic mass is 16.6. The van der Waals surface area contributed by atoms with E-state index in [1.54, 1.807) is 30.3 Å². The van der Waals surface area contributed by atoms with Crippen LogP contribution in [0.4, 0.5) is 5.69 Å². The fraction of sp³-hybridized carbons (Fsp3) is 0.143. The summed E-state index contributed by atoms with van der Waals surface area (Å²) >= 11 is 0. The molecule has 0 aliphatic rings. The fourth-order valence-corrected chi connectivity index (χ4v) is 2.07. The monoisotopic (exact) mass is 288 g/mol. The summed E-state index contributed by atoms with van der Waals surface area (Å²) in [6.07, 6.45) is 0.959. The lowest BCUT2D eigenvalue weighted by Crippen LogP contribution is -2.31. The Morgan fingerprint density at radius 1 is 1.33 bits per heavy atom. The Morgan fingerprint density at radius 3 is 2.48 bits per heavy atom. The smallest absolute Gasteiger partial charge is 0.331 e. The van der Waals surface area contributed by atoms with Crippen LogP contribution in [0.5, 0.6) is 0 Å². The third kappa shape index (κ3) is 2.81. The molecule has 2 aromatic rings. The predicted octanol–water partition coefficient (Wildman–Crippen LogP) is 1.74. The van der Waals surface area contributed by atoms with Gasteiger partial charge in [-0.05, 0) is 12.5 Å². The van der Waals surface area contributed by atoms with Gasteiger partial charge >= 0.3 is 5.97 Å². The number of carboxylic acid groups (broad SMARTS) is 1. The van der Waals surface area contributed by atoms with Gasteiger partial charge in [-0.3, -0.25) is 19.5 Å². The van der Waals surface area contributed by atoms with Gasteiger partial charge in [-0.25, -0.2) is 4.79 Å². The van der Waals surface area contributed by atoms with E-state index in [1.807, 2.05) is 0 Å². The van der Waals surface area contributed by atoms with Gasteiger partial charge in [0.2, 0.25) is 0 Å². The number of aromatic nitrogens is 1. The van der Waals surface area contributed by atoms with E-state index in [1.165, 1.54) is 6.92 Å². The molecule has 1 unspecified atom stereocenters. The van der Waals surface area contributed by atoms with Crippen LogP contribution >= 0.6 is 0 Å². The van der Waals surface area contributed by atoms with Crippen LogP contribution in [0.2, 0.25) is 0 Å². The van der Waals surface area contributed by atoms with Crippen molar-refractivity contribution in [2.45, 2.75) is 13.0 Å². The van der Waals surface area contributed by atoms with Gasteiger partial charge in [0.15, 0.2) is 6.04 Å². The van der Waals surface area contributed by atoms with Crippen LogP contribution in [0.3, 0.4) is 0 Å². The van der Waals surface area contributed by atoms with Crippen molar-refractivity contribution in [2.75, 3.05) is 0 Å². The molecule has 0 radical (unpaired) electrons. The number of benzene rings is 1. The minimum Gasteiger partial charge on any atom is -0.479 e. The highest BCUT2D eigenvalue weighted by Gasteiger charge is 2.25. The Bertz CT molecular complexity index is 752. The molecule has 0 saturated heterocycles. The number of aliphatic carboxylic acids is 1. The third-order valence-electron chi connectivity index (χ3n) is 3.05. The first-order chi connectivity index (χ1) is 9.91. The summed E-state index contributed by atoms with van der Waals surface area (Å²) in [5.41, 5.74) is -0.412. The van der Waals surface area contributed by atoms with E-state index in [9.17, 15) is 24.8 Å². The highest BCUT2D eigenvalue weighted by Crippen LogP contribution is 2.20. The molecule has 7 nitrogen and oxygen atoms in total. The second-order valence-electron chi connectivity index (χ2n) is 4.50. The van der Waals surface area contributed by atoms with Crippen molar-refractivity contribution in [3.63, 3.8) is 0 Å². The van der Waals surface area contributed by atoms with Gasteiger partial charge in [0.25, 0.3) is 11.2 Å². The molecule has 1 atom stereocenters. The Morgan fingerprint density at radius 2 is 1.95 bits per heavy atom. The van der Waals surface area contributed by atoms with Gasteiger partial charge < -0.3 is 5.11 Å². The summed E-state index contributed by atoms with van der Waals surface area (Å²) in [6.45, 7) is 1.41. The molecule has 0 aliphatic carbocycles. The number of nitro groups is 1. The normalized spacial score (nSPS) is 11.9. The first kappa shape index (κ1) is 14.4. The number of rotatable bonds is 4. The maximum absolute atomic E-state index is 12.1. The minimum atomic E-state index is -1.31. The maximum Gasteiger partial charge on any atom is 0.331 e. The van der Waals surface area contributed by atoms with E-state index in [-0.39, 0.29) is 11.3 Å². The Hall–Kier alpha value is -2.96. The Kier molecular flexibility index (Phi) is 3.84. The molecule has 0 spiro atoms. The van der Waals surface area contributed by atoms with Crippen LogP contribution in [-0.4, -0.2) is 20.6 Å². The highest BCUT2D eigenvalue weighted by molar-refractivity contribution is 5.76. The third-order valence-corrected chi connectivity index (χ3v) is 3.05. The average molecular weight is 288 g/mol. The molecule has 0 fully saturated rings. The number of nitrogens with zero attached hydrogens (tertiary/aromatic N) is 2. The molecule has 1 heterocycles. The maximum atomic E-state index is 12.1. The number of carboxylic acids is 1. The van der Waals surface area contributed by atoms with Crippen molar-refractivity contribution < 1.29 is 14.8 Å². The van der Waals surface area contributed by atoms with Gasteiger partial charge in [0.05, 0.1) is 11.1 Å². The molecule has 0 saturated carbocycles. The molecule has 7 heteroatoms. The number of hydrogen-bond acceptors (Lipinski definition) is 4. The number of carbonyl (C=O) groups is 1. The Balaban J connectivity index is 2.69. The minimum absolute atomic E-state index is 0.117. The van der Waals surface area contributed by atoms with E-state index < -0.39 is 22.5 Å². The molecular formula is C14H12N2O5. The number of hydrogen-bond donors (Lipinski definition) is 1. The van der Waals surface area contributed by atoms with Crippen LogP contribution in [-0.2, 0) is 4.79 Å². The van der Waals surface area contributed by atoms with Gasteiger partial charge in [-0.2, -0.15) is 0 Å². The van der Waals surface area contributed by atoms with Crippen molar-refractivity contribution in [2.24, 2.45) is 0 Å². The molecule has 108 valence electrons. The molecule has 0 aliphatic heterocycles. The van der Waals surface area contributed by atoms with Crippen molar-refractivity contribution >= 4 is 11.7 Å². The van der Waals surface area contributed by atoms with Crippen LogP contribution in [0, 0.1) is 17.0 Å². The van der Waals surface area contributed by atoms with Crippen LogP contribution in [0.1, 0.15) is 17.2 Å². The number of aryl methyl sites for hydroxylation is 1. The summed E-state index contributed by atoms with van der Waals surface area (Å²) in [4.78, 5) is 33.9. The second kappa shape index (κ2) is 5.58. The molecule has 0 amide bonds. The lowest BCUT2D eigenvalue weighted by molar-refractivity contribution is -0.385. The molecule has 0 bridgehead atoms.